The molecule has 19 heavy (non-hydrogen) atoms. The highest BCUT2D eigenvalue weighted by atomic mass is 79.9. The largest absolute Gasteiger partial charge is 0.417 e. The van der Waals surface area contributed by atoms with Crippen LogP contribution in [-0.2, 0) is 10.9 Å². The van der Waals surface area contributed by atoms with Crippen molar-refractivity contribution in [1.82, 2.24) is 4.98 Å². The quantitative estimate of drug-likeness (QED) is 0.775. The van der Waals surface area contributed by atoms with Gasteiger partial charge in [-0.15, -0.1) is 0 Å². The lowest BCUT2D eigenvalue weighted by molar-refractivity contribution is -0.137. The second-order valence-corrected chi connectivity index (χ2v) is 5.16. The van der Waals surface area contributed by atoms with Crippen molar-refractivity contribution in [1.29, 1.82) is 0 Å². The number of halogens is 4. The molecule has 1 aliphatic heterocycles. The Hall–Kier alpha value is -0.820. The Morgan fingerprint density at radius 2 is 2.21 bits per heavy atom. The Bertz CT molecular complexity index is 424. The summed E-state index contributed by atoms with van der Waals surface area (Å²) in [5.74, 6) is 0.551. The van der Waals surface area contributed by atoms with Gasteiger partial charge in [0.05, 0.1) is 24.3 Å². The van der Waals surface area contributed by atoms with Gasteiger partial charge in [-0.05, 0) is 19.1 Å². The highest BCUT2D eigenvalue weighted by Crippen LogP contribution is 2.30. The molecule has 1 saturated heterocycles. The molecule has 1 aromatic heterocycles. The fraction of sp³-hybridized carbons (Fsp3) is 0.583. The Morgan fingerprint density at radius 3 is 2.74 bits per heavy atom. The number of hydrogen-bond acceptors (Lipinski definition) is 3. The van der Waals surface area contributed by atoms with E-state index in [0.29, 0.717) is 24.3 Å². The van der Waals surface area contributed by atoms with Crippen molar-refractivity contribution < 1.29 is 17.9 Å². The van der Waals surface area contributed by atoms with Crippen molar-refractivity contribution in [3.05, 3.63) is 23.9 Å². The van der Waals surface area contributed by atoms with E-state index in [0.717, 1.165) is 12.3 Å². The predicted octanol–water partition coefficient (Wildman–Crippen LogP) is 3.09. The highest BCUT2D eigenvalue weighted by Gasteiger charge is 2.32. The number of aromatic nitrogens is 1. The monoisotopic (exact) mass is 338 g/mol. The summed E-state index contributed by atoms with van der Waals surface area (Å²) < 4.78 is 43.0. The van der Waals surface area contributed by atoms with Crippen LogP contribution in [0, 0.1) is 0 Å². The standard InChI is InChI=1S/C12H14BrF3N2O/c1-8-7-19-10(4-13)6-18(8)11-3-2-9(5-17-11)12(14,15)16/h2-3,5,8,10H,4,6-7H2,1H3. The normalized spacial score (nSPS) is 24.6. The van der Waals surface area contributed by atoms with E-state index in [1.54, 1.807) is 0 Å². The van der Waals surface area contributed by atoms with Crippen molar-refractivity contribution in [3.8, 4) is 0 Å². The van der Waals surface area contributed by atoms with Crippen LogP contribution in [0.2, 0.25) is 0 Å². The highest BCUT2D eigenvalue weighted by molar-refractivity contribution is 9.09. The number of rotatable bonds is 2. The second kappa shape index (κ2) is 5.66. The summed E-state index contributed by atoms with van der Waals surface area (Å²) in [5.41, 5.74) is -0.728. The third kappa shape index (κ3) is 3.39. The van der Waals surface area contributed by atoms with Crippen LogP contribution in [0.1, 0.15) is 12.5 Å². The van der Waals surface area contributed by atoms with Crippen molar-refractivity contribution in [2.24, 2.45) is 0 Å². The molecule has 1 fully saturated rings. The minimum atomic E-state index is -4.35. The maximum Gasteiger partial charge on any atom is 0.417 e. The van der Waals surface area contributed by atoms with E-state index >= 15 is 0 Å². The first-order chi connectivity index (χ1) is 8.91. The minimum absolute atomic E-state index is 0.0280. The molecular formula is C12H14BrF3N2O. The average molecular weight is 339 g/mol. The van der Waals surface area contributed by atoms with Gasteiger partial charge in [-0.2, -0.15) is 13.2 Å². The zero-order valence-electron chi connectivity index (χ0n) is 10.3. The third-order valence-corrected chi connectivity index (χ3v) is 3.77. The van der Waals surface area contributed by atoms with Crippen LogP contribution in [0.3, 0.4) is 0 Å². The molecule has 2 unspecified atom stereocenters. The van der Waals surface area contributed by atoms with Gasteiger partial charge in [0, 0.05) is 18.1 Å². The molecule has 0 amide bonds. The molecule has 0 aromatic carbocycles. The molecule has 0 radical (unpaired) electrons. The number of anilines is 1. The van der Waals surface area contributed by atoms with Gasteiger partial charge < -0.3 is 9.64 Å². The molecule has 0 N–H and O–H groups in total. The van der Waals surface area contributed by atoms with Crippen molar-refractivity contribution in [3.63, 3.8) is 0 Å². The number of morpholine rings is 1. The zero-order chi connectivity index (χ0) is 14.0. The molecule has 2 atom stereocenters. The number of pyridine rings is 1. The molecule has 106 valence electrons. The predicted molar refractivity (Wildman–Crippen MR) is 69.6 cm³/mol. The number of ether oxygens (including phenoxy) is 1. The van der Waals surface area contributed by atoms with E-state index in [1.807, 2.05) is 11.8 Å². The van der Waals surface area contributed by atoms with Crippen LogP contribution in [0.5, 0.6) is 0 Å². The van der Waals surface area contributed by atoms with Gasteiger partial charge in [0.1, 0.15) is 5.82 Å². The van der Waals surface area contributed by atoms with E-state index in [9.17, 15) is 13.2 Å². The molecule has 0 aliphatic carbocycles. The Balaban J connectivity index is 2.16. The summed E-state index contributed by atoms with van der Waals surface area (Å²) in [6.07, 6.45) is -3.44. The van der Waals surface area contributed by atoms with Crippen molar-refractivity contribution in [2.45, 2.75) is 25.2 Å². The molecule has 2 heterocycles. The van der Waals surface area contributed by atoms with Crippen LogP contribution in [-0.4, -0.2) is 35.6 Å². The maximum atomic E-state index is 12.5. The minimum Gasteiger partial charge on any atom is -0.373 e. The fourth-order valence-electron chi connectivity index (χ4n) is 1.95. The van der Waals surface area contributed by atoms with Gasteiger partial charge in [-0.3, -0.25) is 0 Å². The lowest BCUT2D eigenvalue weighted by atomic mass is 10.2. The summed E-state index contributed by atoms with van der Waals surface area (Å²) in [6.45, 7) is 3.12. The van der Waals surface area contributed by atoms with Crippen LogP contribution in [0.25, 0.3) is 0 Å². The van der Waals surface area contributed by atoms with E-state index in [4.69, 9.17) is 4.74 Å². The molecular weight excluding hydrogens is 325 g/mol. The third-order valence-electron chi connectivity index (χ3n) is 3.05. The van der Waals surface area contributed by atoms with Gasteiger partial charge >= 0.3 is 6.18 Å². The summed E-state index contributed by atoms with van der Waals surface area (Å²) in [7, 11) is 0. The van der Waals surface area contributed by atoms with Gasteiger partial charge in [0.15, 0.2) is 0 Å². The first kappa shape index (κ1) is 14.6. The summed E-state index contributed by atoms with van der Waals surface area (Å²) >= 11 is 3.35. The maximum absolute atomic E-state index is 12.5. The molecule has 0 bridgehead atoms. The number of hydrogen-bond donors (Lipinski definition) is 0. The van der Waals surface area contributed by atoms with E-state index < -0.39 is 11.7 Å². The van der Waals surface area contributed by atoms with Crippen LogP contribution in [0.4, 0.5) is 19.0 Å². The molecule has 1 aromatic rings. The van der Waals surface area contributed by atoms with Crippen molar-refractivity contribution in [2.75, 3.05) is 23.4 Å². The first-order valence-electron chi connectivity index (χ1n) is 5.89. The summed E-state index contributed by atoms with van der Waals surface area (Å²) in [4.78, 5) is 5.89. The smallest absolute Gasteiger partial charge is 0.373 e. The van der Waals surface area contributed by atoms with E-state index in [1.165, 1.54) is 6.07 Å². The second-order valence-electron chi connectivity index (χ2n) is 4.51. The van der Waals surface area contributed by atoms with Crippen LogP contribution >= 0.6 is 15.9 Å². The van der Waals surface area contributed by atoms with Crippen LogP contribution < -0.4 is 4.90 Å². The lowest BCUT2D eigenvalue weighted by Crippen LogP contribution is -2.49. The van der Waals surface area contributed by atoms with E-state index in [2.05, 4.69) is 20.9 Å². The van der Waals surface area contributed by atoms with E-state index in [-0.39, 0.29) is 12.1 Å². The molecule has 7 heteroatoms. The Morgan fingerprint density at radius 1 is 1.47 bits per heavy atom. The molecule has 0 spiro atoms. The van der Waals surface area contributed by atoms with Gasteiger partial charge in [0.2, 0.25) is 0 Å². The molecule has 1 aliphatic rings. The molecule has 2 rings (SSSR count). The van der Waals surface area contributed by atoms with Crippen LogP contribution in [0.15, 0.2) is 18.3 Å². The molecule has 3 nitrogen and oxygen atoms in total. The van der Waals surface area contributed by atoms with Gasteiger partial charge in [-0.1, -0.05) is 15.9 Å². The van der Waals surface area contributed by atoms with Gasteiger partial charge in [0.25, 0.3) is 0 Å². The van der Waals surface area contributed by atoms with Gasteiger partial charge in [-0.25, -0.2) is 4.98 Å². The number of nitrogens with zero attached hydrogens (tertiary/aromatic N) is 2. The topological polar surface area (TPSA) is 25.4 Å². The summed E-state index contributed by atoms with van der Waals surface area (Å²) in [5, 5.41) is 0.691. The molecule has 0 saturated carbocycles. The lowest BCUT2D eigenvalue weighted by Gasteiger charge is -2.38. The zero-order valence-corrected chi connectivity index (χ0v) is 11.9. The first-order valence-corrected chi connectivity index (χ1v) is 7.01. The average Bonchev–Trinajstić information content (AvgIpc) is 2.38. The Kier molecular flexibility index (Phi) is 4.35. The Labute approximate surface area is 117 Å². The number of alkyl halides is 4. The van der Waals surface area contributed by atoms with Crippen molar-refractivity contribution >= 4 is 21.7 Å². The SMILES string of the molecule is CC1COC(CBr)CN1c1ccc(C(F)(F)F)cn1. The fourth-order valence-corrected chi connectivity index (χ4v) is 2.35. The summed E-state index contributed by atoms with van der Waals surface area (Å²) in [6, 6.07) is 2.57.